The van der Waals surface area contributed by atoms with Gasteiger partial charge in [0, 0.05) is 98.0 Å². The van der Waals surface area contributed by atoms with Crippen LogP contribution in [-0.4, -0.2) is 175 Å². The minimum absolute atomic E-state index is 0.00588. The average Bonchev–Trinajstić information content (AvgIpc) is 0.830. The summed E-state index contributed by atoms with van der Waals surface area (Å²) in [6.45, 7) is 27.1. The minimum Gasteiger partial charge on any atom is -0.463 e. The van der Waals surface area contributed by atoms with Crippen molar-refractivity contribution in [2.45, 2.75) is 414 Å². The highest BCUT2D eigenvalue weighted by Gasteiger charge is 2.44. The molecule has 0 aliphatic carbocycles. The molecule has 4 amide bonds. The van der Waals surface area contributed by atoms with Crippen molar-refractivity contribution in [3.63, 3.8) is 0 Å². The predicted molar refractivity (Wildman–Crippen MR) is 468 cm³/mol. The van der Waals surface area contributed by atoms with Gasteiger partial charge in [-0.3, -0.25) is 38.4 Å². The van der Waals surface area contributed by atoms with E-state index >= 15 is 0 Å². The normalized spacial score (nSPS) is 23.6. The lowest BCUT2D eigenvalue weighted by atomic mass is 9.79. The Kier molecular flexibility index (Phi) is 58.6. The standard InChI is InChI=1S/C96H168N4O19/c1-13-85-74(5)76(7)91(98-79(10)101)94(117-85)113-62-48-39-33-26-20-15-17-23-29-35-44-53-83(104)57-64-109-69-96(100-89(107)55-50-56-90(108)116-67-82-51-42-41-43-52-82,70-110-65-58-84(105)54-45-36-30-24-18-16-21-27-34-40-49-63-114-95-92(99-80(11)102)77(8)75(6)86(14-2)118-95)71-111-66-59-88(106)97-60-46-37-31-25-19-22-28-32-38-47-61-112-93-78(9)72(3)73(4)87(119-93)68-115-81(12)103/h41-43,51-52,72-78,85-87,91-95H,13-40,44-50,53-71H2,1-12H3,(H,97,106)(H,98,101)(H,99,102)(H,100,107)/t72-,73+,74+,75+,76-,77-,78?,85?,86?,87?,91?,92?,93+,94+,95+,96?/m0/s1. The molecule has 1 aromatic rings. The van der Waals surface area contributed by atoms with Crippen molar-refractivity contribution < 1.29 is 90.5 Å². The second-order valence-electron chi connectivity index (χ2n) is 35.3. The smallest absolute Gasteiger partial charge is 0.306 e. The van der Waals surface area contributed by atoms with Crippen molar-refractivity contribution in [1.82, 2.24) is 21.3 Å². The number of Topliss-reactive ketones (excluding diaryl/α,β-unsaturated/α-hetero) is 2. The van der Waals surface area contributed by atoms with Crippen LogP contribution in [0.2, 0.25) is 0 Å². The summed E-state index contributed by atoms with van der Waals surface area (Å²) in [5.41, 5.74) is -0.388. The van der Waals surface area contributed by atoms with E-state index in [0.717, 1.165) is 153 Å². The summed E-state index contributed by atoms with van der Waals surface area (Å²) >= 11 is 0. The lowest BCUT2D eigenvalue weighted by Gasteiger charge is -2.44. The van der Waals surface area contributed by atoms with Gasteiger partial charge in [-0.1, -0.05) is 260 Å². The van der Waals surface area contributed by atoms with Crippen molar-refractivity contribution in [3.8, 4) is 0 Å². The molecule has 6 unspecified atom stereocenters. The van der Waals surface area contributed by atoms with Gasteiger partial charge in [0.25, 0.3) is 0 Å². The fraction of sp³-hybridized carbons (Fsp3) is 0.854. The van der Waals surface area contributed by atoms with Gasteiger partial charge < -0.3 is 73.4 Å². The third-order valence-corrected chi connectivity index (χ3v) is 25.2. The Morgan fingerprint density at radius 3 is 1.15 bits per heavy atom. The van der Waals surface area contributed by atoms with Crippen LogP contribution < -0.4 is 21.3 Å². The first-order valence-corrected chi connectivity index (χ1v) is 47.5. The minimum atomic E-state index is -1.25. The van der Waals surface area contributed by atoms with E-state index in [4.69, 9.17) is 52.1 Å². The number of esters is 2. The van der Waals surface area contributed by atoms with E-state index in [2.05, 4.69) is 83.6 Å². The molecule has 15 atom stereocenters. The number of ether oxygens (including phenoxy) is 11. The number of rotatable bonds is 72. The first-order valence-electron chi connectivity index (χ1n) is 47.5. The maximum Gasteiger partial charge on any atom is 0.306 e. The van der Waals surface area contributed by atoms with Gasteiger partial charge in [-0.25, -0.2) is 0 Å². The van der Waals surface area contributed by atoms with E-state index in [1.807, 2.05) is 30.3 Å². The molecule has 3 aliphatic rings. The third kappa shape index (κ3) is 47.6. The number of ketones is 2. The first-order chi connectivity index (χ1) is 57.5. The molecule has 0 radical (unpaired) electrons. The van der Waals surface area contributed by atoms with Gasteiger partial charge in [0.2, 0.25) is 23.6 Å². The maximum atomic E-state index is 14.0. The Bertz CT molecular complexity index is 2750. The van der Waals surface area contributed by atoms with Crippen LogP contribution in [0.25, 0.3) is 0 Å². The zero-order valence-corrected chi connectivity index (χ0v) is 76.5. The van der Waals surface area contributed by atoms with Gasteiger partial charge in [-0.2, -0.15) is 0 Å². The van der Waals surface area contributed by atoms with E-state index in [0.29, 0.717) is 57.0 Å². The molecule has 0 saturated carbocycles. The fourth-order valence-electron chi connectivity index (χ4n) is 16.7. The topological polar surface area (TPSA) is 286 Å². The monoisotopic (exact) mass is 1680 g/mol. The van der Waals surface area contributed by atoms with E-state index in [1.165, 1.54) is 77.6 Å². The molecular formula is C96H168N4O19. The van der Waals surface area contributed by atoms with Crippen LogP contribution in [0.4, 0.5) is 0 Å². The number of carbonyl (C=O) groups excluding carboxylic acids is 8. The van der Waals surface area contributed by atoms with E-state index in [9.17, 15) is 38.4 Å². The Labute approximate surface area is 719 Å². The third-order valence-electron chi connectivity index (χ3n) is 25.2. The zero-order chi connectivity index (χ0) is 86.7. The van der Waals surface area contributed by atoms with Crippen LogP contribution in [0, 0.1) is 41.4 Å². The predicted octanol–water partition coefficient (Wildman–Crippen LogP) is 18.6. The molecule has 4 rings (SSSR count). The molecule has 3 aliphatic heterocycles. The molecule has 0 spiro atoms. The first kappa shape index (κ1) is 106. The lowest BCUT2D eigenvalue weighted by molar-refractivity contribution is -0.255. The van der Waals surface area contributed by atoms with Crippen molar-refractivity contribution in [2.75, 3.05) is 72.6 Å². The number of unbranched alkanes of at least 4 members (excludes halogenated alkanes) is 29. The number of nitrogens with one attached hydrogen (secondary N) is 4. The van der Waals surface area contributed by atoms with Crippen molar-refractivity contribution in [3.05, 3.63) is 35.9 Å². The molecular weight excluding hydrogens is 1510 g/mol. The summed E-state index contributed by atoms with van der Waals surface area (Å²) in [5.74, 6) is 1.03. The van der Waals surface area contributed by atoms with Crippen molar-refractivity contribution in [1.29, 1.82) is 0 Å². The quantitative estimate of drug-likeness (QED) is 0.0348. The van der Waals surface area contributed by atoms with Crippen LogP contribution in [-0.2, 0) is 97.1 Å². The molecule has 3 fully saturated rings. The molecule has 23 nitrogen and oxygen atoms in total. The summed E-state index contributed by atoms with van der Waals surface area (Å²) in [6, 6.07) is 9.13. The molecule has 0 aromatic heterocycles. The van der Waals surface area contributed by atoms with Crippen molar-refractivity contribution >= 4 is 47.1 Å². The molecule has 4 N–H and O–H groups in total. The Morgan fingerprint density at radius 2 is 0.739 bits per heavy atom. The SMILES string of the molecule is CCC1O[C@@H](OCCCCCCCCCCCCCC(=O)CCOCC(COCCC(=O)CCCCCCCCCCCCCO[C@@H]2OC(CC)[C@H](C)[C@H](C)C2NC(C)=O)(COCCC(=O)NCCCCCCCCCCCCO[C@@H]2OC(COC(C)=O)[C@H](C)[C@H](C)C2C)NC(=O)CCCC(=O)OCc2ccccc2)C(NC(C)=O)[C@@H](C)[C@H]1C. The number of hydrogen-bond donors (Lipinski definition) is 4. The van der Waals surface area contributed by atoms with Crippen LogP contribution in [0.15, 0.2) is 30.3 Å². The van der Waals surface area contributed by atoms with Crippen LogP contribution in [0.3, 0.4) is 0 Å². The highest BCUT2D eigenvalue weighted by atomic mass is 16.7. The second-order valence-corrected chi connectivity index (χ2v) is 35.3. The second kappa shape index (κ2) is 65.6. The Hall–Kier alpha value is -4.98. The van der Waals surface area contributed by atoms with Gasteiger partial charge in [0.05, 0.1) is 70.0 Å². The number of amides is 4. The summed E-state index contributed by atoms with van der Waals surface area (Å²) < 4.78 is 67.1. The summed E-state index contributed by atoms with van der Waals surface area (Å²) in [7, 11) is 0. The molecule has 23 heteroatoms. The van der Waals surface area contributed by atoms with Gasteiger partial charge in [-0.05, 0) is 98.9 Å². The number of carbonyl (C=O) groups is 8. The van der Waals surface area contributed by atoms with Crippen LogP contribution in [0.5, 0.6) is 0 Å². The highest BCUT2D eigenvalue weighted by molar-refractivity contribution is 5.79. The highest BCUT2D eigenvalue weighted by Crippen LogP contribution is 2.37. The molecule has 1 aromatic carbocycles. The number of benzene rings is 1. The summed E-state index contributed by atoms with van der Waals surface area (Å²) in [4.78, 5) is 102. The van der Waals surface area contributed by atoms with Crippen molar-refractivity contribution in [2.24, 2.45) is 41.4 Å². The van der Waals surface area contributed by atoms with Gasteiger partial charge in [-0.15, -0.1) is 0 Å². The number of hydrogen-bond acceptors (Lipinski definition) is 19. The Morgan fingerprint density at radius 1 is 0.361 bits per heavy atom. The van der Waals surface area contributed by atoms with E-state index in [1.54, 1.807) is 13.8 Å². The van der Waals surface area contributed by atoms with Gasteiger partial charge in [0.1, 0.15) is 30.3 Å². The molecule has 0 bridgehead atoms. The van der Waals surface area contributed by atoms with Crippen LogP contribution in [0.1, 0.15) is 358 Å². The Balaban J connectivity index is 1.19. The fourth-order valence-corrected chi connectivity index (χ4v) is 16.7. The van der Waals surface area contributed by atoms with E-state index in [-0.39, 0.29) is 193 Å². The lowest BCUT2D eigenvalue weighted by Crippen LogP contribution is -2.58. The molecule has 686 valence electrons. The average molecular weight is 1680 g/mol. The molecule has 3 heterocycles. The largest absolute Gasteiger partial charge is 0.463 e. The zero-order valence-electron chi connectivity index (χ0n) is 76.5. The van der Waals surface area contributed by atoms with Gasteiger partial charge >= 0.3 is 11.9 Å². The maximum absolute atomic E-state index is 14.0. The van der Waals surface area contributed by atoms with Crippen LogP contribution >= 0.6 is 0 Å². The summed E-state index contributed by atoms with van der Waals surface area (Å²) in [5, 5.41) is 12.3. The van der Waals surface area contributed by atoms with E-state index < -0.39 is 24.1 Å². The van der Waals surface area contributed by atoms with Gasteiger partial charge in [0.15, 0.2) is 18.9 Å². The summed E-state index contributed by atoms with van der Waals surface area (Å²) in [6.07, 6.45) is 37.5. The molecule has 119 heavy (non-hydrogen) atoms. The molecule has 3 saturated heterocycles.